The van der Waals surface area contributed by atoms with Gasteiger partial charge in [-0.2, -0.15) is 0 Å². The van der Waals surface area contributed by atoms with Crippen LogP contribution in [0, 0.1) is 6.07 Å². The lowest BCUT2D eigenvalue weighted by molar-refractivity contribution is 0.926. The Balaban J connectivity index is 2.54. The minimum Gasteiger partial charge on any atom is -0.261 e. The number of fused-ring (bicyclic) bond motifs is 1. The predicted molar refractivity (Wildman–Crippen MR) is 40.4 cm³/mol. The van der Waals surface area contributed by atoms with Crippen LogP contribution in [0.4, 0.5) is 0 Å². The van der Waals surface area contributed by atoms with Crippen molar-refractivity contribution in [2.45, 2.75) is 12.8 Å². The summed E-state index contributed by atoms with van der Waals surface area (Å²) in [5.74, 6) is 0. The SMILES string of the molecule is [c]1ccnc2c1C=CCC2. The Kier molecular flexibility index (Phi) is 1.28. The van der Waals surface area contributed by atoms with E-state index in [-0.39, 0.29) is 0 Å². The van der Waals surface area contributed by atoms with Crippen molar-refractivity contribution in [3.63, 3.8) is 0 Å². The van der Waals surface area contributed by atoms with E-state index in [0.717, 1.165) is 18.4 Å². The van der Waals surface area contributed by atoms with Gasteiger partial charge in [0.05, 0.1) is 0 Å². The molecule has 1 heteroatoms. The second-order valence-corrected chi connectivity index (χ2v) is 2.39. The van der Waals surface area contributed by atoms with E-state index in [1.807, 2.05) is 6.07 Å². The molecular weight excluding hydrogens is 122 g/mol. The average Bonchev–Trinajstić information content (AvgIpc) is 2.05. The highest BCUT2D eigenvalue weighted by Gasteiger charge is 2.02. The fourth-order valence-electron chi connectivity index (χ4n) is 1.17. The molecule has 1 heterocycles. The molecule has 1 aromatic heterocycles. The van der Waals surface area contributed by atoms with Crippen molar-refractivity contribution >= 4 is 6.08 Å². The van der Waals surface area contributed by atoms with Crippen molar-refractivity contribution in [2.24, 2.45) is 0 Å². The zero-order valence-electron chi connectivity index (χ0n) is 5.67. The molecule has 49 valence electrons. The molecule has 0 saturated carbocycles. The van der Waals surface area contributed by atoms with Crippen molar-refractivity contribution in [1.29, 1.82) is 0 Å². The Morgan fingerprint density at radius 3 is 3.40 bits per heavy atom. The van der Waals surface area contributed by atoms with Crippen molar-refractivity contribution in [3.8, 4) is 0 Å². The number of allylic oxidation sites excluding steroid dienone is 1. The molecule has 0 aromatic carbocycles. The van der Waals surface area contributed by atoms with Gasteiger partial charge in [0.15, 0.2) is 0 Å². The second kappa shape index (κ2) is 2.25. The largest absolute Gasteiger partial charge is 0.261 e. The lowest BCUT2D eigenvalue weighted by Gasteiger charge is -2.06. The third-order valence-electron chi connectivity index (χ3n) is 1.69. The fraction of sp³-hybridized carbons (Fsp3) is 0.222. The summed E-state index contributed by atoms with van der Waals surface area (Å²) < 4.78 is 0. The van der Waals surface area contributed by atoms with E-state index >= 15 is 0 Å². The molecule has 0 N–H and O–H groups in total. The van der Waals surface area contributed by atoms with E-state index < -0.39 is 0 Å². The number of hydrogen-bond acceptors (Lipinski definition) is 1. The zero-order valence-corrected chi connectivity index (χ0v) is 5.67. The van der Waals surface area contributed by atoms with E-state index in [1.165, 1.54) is 5.69 Å². The topological polar surface area (TPSA) is 12.9 Å². The summed E-state index contributed by atoms with van der Waals surface area (Å²) in [7, 11) is 0. The molecule has 10 heavy (non-hydrogen) atoms. The molecule has 0 aliphatic heterocycles. The van der Waals surface area contributed by atoms with Crippen LogP contribution in [-0.4, -0.2) is 4.98 Å². The first-order valence-electron chi connectivity index (χ1n) is 3.49. The van der Waals surface area contributed by atoms with E-state index in [2.05, 4.69) is 23.2 Å². The van der Waals surface area contributed by atoms with Crippen LogP contribution in [0.15, 0.2) is 18.3 Å². The predicted octanol–water partition coefficient (Wildman–Crippen LogP) is 1.84. The number of aryl methyl sites for hydroxylation is 1. The maximum atomic E-state index is 4.24. The van der Waals surface area contributed by atoms with Crippen molar-refractivity contribution < 1.29 is 0 Å². The average molecular weight is 130 g/mol. The van der Waals surface area contributed by atoms with E-state index in [0.29, 0.717) is 0 Å². The van der Waals surface area contributed by atoms with Crippen LogP contribution in [0.1, 0.15) is 17.7 Å². The molecule has 0 atom stereocenters. The van der Waals surface area contributed by atoms with Crippen molar-refractivity contribution in [3.05, 3.63) is 35.7 Å². The van der Waals surface area contributed by atoms with Crippen molar-refractivity contribution in [2.75, 3.05) is 0 Å². The van der Waals surface area contributed by atoms with E-state index in [9.17, 15) is 0 Å². The smallest absolute Gasteiger partial charge is 0.0485 e. The first kappa shape index (κ1) is 5.66. The lowest BCUT2D eigenvalue weighted by atomic mass is 10.0. The highest BCUT2D eigenvalue weighted by atomic mass is 14.7. The molecule has 1 radical (unpaired) electrons. The molecule has 0 unspecified atom stereocenters. The Morgan fingerprint density at radius 1 is 1.50 bits per heavy atom. The molecule has 0 amide bonds. The minimum atomic E-state index is 1.07. The van der Waals surface area contributed by atoms with Gasteiger partial charge in [-0.1, -0.05) is 12.2 Å². The third-order valence-corrected chi connectivity index (χ3v) is 1.69. The standard InChI is InChI=1S/C9H8N/c1-2-6-9-8(4-1)5-3-7-10-9/h1,3-4,7H,2,6H2. The van der Waals surface area contributed by atoms with Crippen LogP contribution in [0.3, 0.4) is 0 Å². The Morgan fingerprint density at radius 2 is 2.50 bits per heavy atom. The molecular formula is C9H8N. The van der Waals surface area contributed by atoms with E-state index in [1.54, 1.807) is 6.20 Å². The Labute approximate surface area is 60.4 Å². The van der Waals surface area contributed by atoms with Crippen LogP contribution < -0.4 is 0 Å². The third kappa shape index (κ3) is 0.838. The summed E-state index contributed by atoms with van der Waals surface area (Å²) in [4.78, 5) is 4.24. The van der Waals surface area contributed by atoms with Crippen LogP contribution in [-0.2, 0) is 6.42 Å². The molecule has 0 saturated heterocycles. The number of pyridine rings is 1. The minimum absolute atomic E-state index is 1.07. The van der Waals surface area contributed by atoms with Gasteiger partial charge in [0.1, 0.15) is 0 Å². The summed E-state index contributed by atoms with van der Waals surface area (Å²) in [6.07, 6.45) is 8.26. The Bertz CT molecular complexity index is 263. The molecule has 1 nitrogen and oxygen atoms in total. The first-order valence-corrected chi connectivity index (χ1v) is 3.49. The molecule has 0 spiro atoms. The molecule has 1 aliphatic rings. The number of nitrogens with zero attached hydrogens (tertiary/aromatic N) is 1. The number of aromatic nitrogens is 1. The number of rotatable bonds is 0. The summed E-state index contributed by atoms with van der Waals surface area (Å²) in [6, 6.07) is 5.00. The zero-order chi connectivity index (χ0) is 6.81. The highest BCUT2D eigenvalue weighted by molar-refractivity contribution is 5.52. The van der Waals surface area contributed by atoms with E-state index in [4.69, 9.17) is 0 Å². The normalized spacial score (nSPS) is 14.8. The molecule has 1 aromatic rings. The molecule has 1 aliphatic carbocycles. The maximum Gasteiger partial charge on any atom is 0.0485 e. The van der Waals surface area contributed by atoms with Gasteiger partial charge in [0.25, 0.3) is 0 Å². The van der Waals surface area contributed by atoms with Gasteiger partial charge < -0.3 is 0 Å². The van der Waals surface area contributed by atoms with Gasteiger partial charge in [-0.05, 0) is 25.0 Å². The van der Waals surface area contributed by atoms with Gasteiger partial charge in [0, 0.05) is 17.5 Å². The fourth-order valence-corrected chi connectivity index (χ4v) is 1.17. The maximum absolute atomic E-state index is 4.24. The Hall–Kier alpha value is -1.11. The van der Waals surface area contributed by atoms with Gasteiger partial charge >= 0.3 is 0 Å². The van der Waals surface area contributed by atoms with Crippen LogP contribution in [0.2, 0.25) is 0 Å². The lowest BCUT2D eigenvalue weighted by Crippen LogP contribution is -1.96. The quantitative estimate of drug-likeness (QED) is 0.522. The highest BCUT2D eigenvalue weighted by Crippen LogP contribution is 2.14. The van der Waals surface area contributed by atoms with Gasteiger partial charge in [-0.25, -0.2) is 0 Å². The monoisotopic (exact) mass is 130 g/mol. The first-order chi connectivity index (χ1) is 4.97. The van der Waals surface area contributed by atoms with Gasteiger partial charge in [-0.15, -0.1) is 0 Å². The number of hydrogen-bond donors (Lipinski definition) is 0. The van der Waals surface area contributed by atoms with Crippen LogP contribution >= 0.6 is 0 Å². The molecule has 0 bridgehead atoms. The van der Waals surface area contributed by atoms with Gasteiger partial charge in [-0.3, -0.25) is 4.98 Å². The van der Waals surface area contributed by atoms with Crippen LogP contribution in [0.25, 0.3) is 6.08 Å². The van der Waals surface area contributed by atoms with Gasteiger partial charge in [0.2, 0.25) is 0 Å². The molecule has 2 rings (SSSR count). The van der Waals surface area contributed by atoms with Crippen molar-refractivity contribution in [1.82, 2.24) is 4.98 Å². The summed E-state index contributed by atoms with van der Waals surface area (Å²) in [5.41, 5.74) is 2.35. The molecule has 0 fully saturated rings. The second-order valence-electron chi connectivity index (χ2n) is 2.39. The van der Waals surface area contributed by atoms with Crippen LogP contribution in [0.5, 0.6) is 0 Å². The summed E-state index contributed by atoms with van der Waals surface area (Å²) >= 11 is 0. The summed E-state index contributed by atoms with van der Waals surface area (Å²) in [6.45, 7) is 0. The summed E-state index contributed by atoms with van der Waals surface area (Å²) in [5, 5.41) is 0.